The molecule has 126 valence electrons. The Balaban J connectivity index is 1.71. The van der Waals surface area contributed by atoms with Gasteiger partial charge < -0.3 is 9.84 Å². The van der Waals surface area contributed by atoms with Crippen molar-refractivity contribution in [3.63, 3.8) is 0 Å². The van der Waals surface area contributed by atoms with Crippen molar-refractivity contribution in [3.8, 4) is 22.8 Å². The van der Waals surface area contributed by atoms with Crippen LogP contribution >= 0.6 is 0 Å². The number of phenolic OH excluding ortho intramolecular Hbond substituents is 1. The number of hydrogen-bond donors (Lipinski definition) is 2. The molecule has 0 amide bonds. The van der Waals surface area contributed by atoms with Gasteiger partial charge in [0.25, 0.3) is 5.95 Å². The molecular formula is C18H17N5O2. The number of aromatic hydroxyl groups is 1. The van der Waals surface area contributed by atoms with Crippen molar-refractivity contribution in [2.75, 3.05) is 12.0 Å². The molecule has 0 aliphatic heterocycles. The number of benzene rings is 2. The van der Waals surface area contributed by atoms with Crippen molar-refractivity contribution < 1.29 is 9.84 Å². The normalized spacial score (nSPS) is 10.8. The minimum atomic E-state index is 0.0926. The summed E-state index contributed by atoms with van der Waals surface area (Å²) in [6, 6.07) is 14.7. The molecule has 0 spiro atoms. The van der Waals surface area contributed by atoms with Crippen LogP contribution in [0.25, 0.3) is 11.3 Å². The van der Waals surface area contributed by atoms with E-state index in [0.29, 0.717) is 24.0 Å². The van der Waals surface area contributed by atoms with Gasteiger partial charge in [0.1, 0.15) is 0 Å². The van der Waals surface area contributed by atoms with Crippen LogP contribution in [0.4, 0.5) is 5.95 Å². The van der Waals surface area contributed by atoms with Crippen molar-refractivity contribution in [1.82, 2.24) is 15.2 Å². The molecule has 25 heavy (non-hydrogen) atoms. The molecule has 0 aliphatic rings. The number of phenols is 1. The number of nitrogens with one attached hydrogen (secondary N) is 1. The predicted octanol–water partition coefficient (Wildman–Crippen LogP) is 3.09. The van der Waals surface area contributed by atoms with Crippen LogP contribution in [0.15, 0.2) is 59.8 Å². The van der Waals surface area contributed by atoms with Gasteiger partial charge in [-0.05, 0) is 30.7 Å². The lowest BCUT2D eigenvalue weighted by molar-refractivity contribution is 0.318. The van der Waals surface area contributed by atoms with E-state index in [4.69, 9.17) is 4.74 Å². The lowest BCUT2D eigenvalue weighted by Gasteiger charge is -2.06. The lowest BCUT2D eigenvalue weighted by atomic mass is 10.2. The van der Waals surface area contributed by atoms with E-state index in [-0.39, 0.29) is 5.75 Å². The fourth-order valence-electron chi connectivity index (χ4n) is 2.15. The maximum absolute atomic E-state index is 9.69. The van der Waals surface area contributed by atoms with E-state index in [1.54, 1.807) is 30.6 Å². The first-order chi connectivity index (χ1) is 12.3. The minimum Gasteiger partial charge on any atom is -0.504 e. The van der Waals surface area contributed by atoms with Crippen LogP contribution in [0.1, 0.15) is 12.5 Å². The zero-order chi connectivity index (χ0) is 17.5. The molecule has 0 unspecified atom stereocenters. The van der Waals surface area contributed by atoms with E-state index in [1.165, 1.54) is 0 Å². The van der Waals surface area contributed by atoms with Gasteiger partial charge in [0, 0.05) is 5.56 Å². The summed E-state index contributed by atoms with van der Waals surface area (Å²) < 4.78 is 5.34. The van der Waals surface area contributed by atoms with Gasteiger partial charge in [-0.3, -0.25) is 0 Å². The number of nitrogens with zero attached hydrogens (tertiary/aromatic N) is 4. The van der Waals surface area contributed by atoms with Gasteiger partial charge in [0.2, 0.25) is 0 Å². The van der Waals surface area contributed by atoms with Crippen molar-refractivity contribution in [1.29, 1.82) is 0 Å². The topological polar surface area (TPSA) is 92.5 Å². The molecule has 0 radical (unpaired) electrons. The fourth-order valence-corrected chi connectivity index (χ4v) is 2.15. The van der Waals surface area contributed by atoms with Gasteiger partial charge >= 0.3 is 0 Å². The number of hydrazone groups is 1. The molecule has 0 atom stereocenters. The molecule has 0 aliphatic carbocycles. The molecule has 3 aromatic rings. The van der Waals surface area contributed by atoms with Gasteiger partial charge in [0.15, 0.2) is 11.5 Å². The van der Waals surface area contributed by atoms with Crippen LogP contribution in [0, 0.1) is 0 Å². The molecule has 0 saturated carbocycles. The van der Waals surface area contributed by atoms with Crippen molar-refractivity contribution >= 4 is 12.2 Å². The molecule has 1 aromatic heterocycles. The molecule has 3 rings (SSSR count). The Bertz CT molecular complexity index is 868. The molecule has 7 nitrogen and oxygen atoms in total. The van der Waals surface area contributed by atoms with Crippen LogP contribution in [-0.2, 0) is 0 Å². The van der Waals surface area contributed by atoms with E-state index in [1.807, 2.05) is 37.3 Å². The SMILES string of the molecule is CCOc1cc(C=NNc2nncc(-c3ccccc3)n2)ccc1O. The quantitative estimate of drug-likeness (QED) is 0.531. The Morgan fingerprint density at radius 1 is 1.20 bits per heavy atom. The molecule has 7 heteroatoms. The summed E-state index contributed by atoms with van der Waals surface area (Å²) >= 11 is 0. The second-order valence-corrected chi connectivity index (χ2v) is 5.06. The highest BCUT2D eigenvalue weighted by Crippen LogP contribution is 2.26. The van der Waals surface area contributed by atoms with Crippen LogP contribution < -0.4 is 10.2 Å². The molecule has 1 heterocycles. The summed E-state index contributed by atoms with van der Waals surface area (Å²) in [6.45, 7) is 2.32. The number of hydrogen-bond acceptors (Lipinski definition) is 7. The van der Waals surface area contributed by atoms with Crippen molar-refractivity contribution in [3.05, 3.63) is 60.3 Å². The third-order valence-electron chi connectivity index (χ3n) is 3.29. The zero-order valence-electron chi connectivity index (χ0n) is 13.6. The average molecular weight is 335 g/mol. The summed E-state index contributed by atoms with van der Waals surface area (Å²) in [5, 5.41) is 21.6. The number of rotatable bonds is 6. The molecular weight excluding hydrogens is 318 g/mol. The molecule has 0 fully saturated rings. The maximum Gasteiger partial charge on any atom is 0.263 e. The number of anilines is 1. The zero-order valence-corrected chi connectivity index (χ0v) is 13.6. The Morgan fingerprint density at radius 3 is 2.84 bits per heavy atom. The van der Waals surface area contributed by atoms with Crippen LogP contribution in [0.3, 0.4) is 0 Å². The largest absolute Gasteiger partial charge is 0.504 e. The average Bonchev–Trinajstić information content (AvgIpc) is 2.65. The number of aromatic nitrogens is 3. The summed E-state index contributed by atoms with van der Waals surface area (Å²) in [4.78, 5) is 4.37. The highest BCUT2D eigenvalue weighted by atomic mass is 16.5. The van der Waals surface area contributed by atoms with E-state index in [9.17, 15) is 5.11 Å². The van der Waals surface area contributed by atoms with Gasteiger partial charge in [-0.1, -0.05) is 30.3 Å². The molecule has 0 saturated heterocycles. The summed E-state index contributed by atoms with van der Waals surface area (Å²) in [5.41, 5.74) is 5.17. The highest BCUT2D eigenvalue weighted by Gasteiger charge is 2.03. The molecule has 2 N–H and O–H groups in total. The van der Waals surface area contributed by atoms with Gasteiger partial charge in [0.05, 0.1) is 24.7 Å². The number of ether oxygens (including phenoxy) is 1. The third-order valence-corrected chi connectivity index (χ3v) is 3.29. The first kappa shape index (κ1) is 16.4. The van der Waals surface area contributed by atoms with Gasteiger partial charge in [-0.15, -0.1) is 5.10 Å². The summed E-state index contributed by atoms with van der Waals surface area (Å²) in [5.74, 6) is 0.798. The summed E-state index contributed by atoms with van der Waals surface area (Å²) in [7, 11) is 0. The second-order valence-electron chi connectivity index (χ2n) is 5.06. The standard InChI is InChI=1S/C18H17N5O2/c1-2-25-17-10-13(8-9-16(17)24)11-19-22-18-21-15(12-20-23-18)14-6-4-3-5-7-14/h3-12,24H,2H2,1H3,(H,21,22,23). The minimum absolute atomic E-state index is 0.0926. The fraction of sp³-hybridized carbons (Fsp3) is 0.111. The van der Waals surface area contributed by atoms with Gasteiger partial charge in [-0.2, -0.15) is 10.2 Å². The van der Waals surface area contributed by atoms with Gasteiger partial charge in [-0.25, -0.2) is 10.4 Å². The molecule has 2 aromatic carbocycles. The smallest absolute Gasteiger partial charge is 0.263 e. The van der Waals surface area contributed by atoms with Crippen molar-refractivity contribution in [2.45, 2.75) is 6.92 Å². The highest BCUT2D eigenvalue weighted by molar-refractivity contribution is 5.81. The third kappa shape index (κ3) is 4.29. The van der Waals surface area contributed by atoms with Crippen LogP contribution in [-0.4, -0.2) is 33.1 Å². The Labute approximate surface area is 145 Å². The second kappa shape index (κ2) is 7.87. The Hall–Kier alpha value is -3.48. The van der Waals surface area contributed by atoms with Crippen LogP contribution in [0.5, 0.6) is 11.5 Å². The Kier molecular flexibility index (Phi) is 5.16. The molecule has 0 bridgehead atoms. The van der Waals surface area contributed by atoms with Crippen molar-refractivity contribution in [2.24, 2.45) is 5.10 Å². The predicted molar refractivity (Wildman–Crippen MR) is 95.8 cm³/mol. The first-order valence-electron chi connectivity index (χ1n) is 7.76. The van der Waals surface area contributed by atoms with E-state index in [2.05, 4.69) is 25.7 Å². The lowest BCUT2D eigenvalue weighted by Crippen LogP contribution is -2.00. The summed E-state index contributed by atoms with van der Waals surface area (Å²) in [6.07, 6.45) is 3.18. The van der Waals surface area contributed by atoms with E-state index >= 15 is 0 Å². The monoisotopic (exact) mass is 335 g/mol. The first-order valence-corrected chi connectivity index (χ1v) is 7.76. The van der Waals surface area contributed by atoms with E-state index < -0.39 is 0 Å². The van der Waals surface area contributed by atoms with Crippen LogP contribution in [0.2, 0.25) is 0 Å². The Morgan fingerprint density at radius 2 is 2.04 bits per heavy atom. The van der Waals surface area contributed by atoms with E-state index in [0.717, 1.165) is 11.1 Å². The maximum atomic E-state index is 9.69.